The second-order valence-electron chi connectivity index (χ2n) is 5.81. The zero-order valence-corrected chi connectivity index (χ0v) is 13.5. The van der Waals surface area contributed by atoms with Crippen LogP contribution in [-0.2, 0) is 14.3 Å². The average molecular weight is 321 g/mol. The van der Waals surface area contributed by atoms with Crippen LogP contribution in [0.2, 0.25) is 0 Å². The van der Waals surface area contributed by atoms with E-state index in [2.05, 4.69) is 11.9 Å². The standard InChI is InChI=1S/C20H19NO3/c1-13(2)20(23)24-12-11-21-19(22)18-16-9-5-3-7-14(16)15-8-4-6-10-17(15)18/h3-10,18H,1,11-12H2,2H3,(H,21,22). The predicted molar refractivity (Wildman–Crippen MR) is 92.5 cm³/mol. The van der Waals surface area contributed by atoms with Crippen LogP contribution in [0.1, 0.15) is 24.0 Å². The minimum Gasteiger partial charge on any atom is -0.460 e. The number of carbonyl (C=O) groups excluding carboxylic acids is 2. The number of ether oxygens (including phenoxy) is 1. The molecular formula is C20H19NO3. The molecule has 2 aromatic rings. The van der Waals surface area contributed by atoms with Crippen molar-refractivity contribution in [2.75, 3.05) is 13.2 Å². The van der Waals surface area contributed by atoms with E-state index in [1.807, 2.05) is 48.5 Å². The highest BCUT2D eigenvalue weighted by Crippen LogP contribution is 2.44. The third kappa shape index (κ3) is 2.95. The van der Waals surface area contributed by atoms with Crippen LogP contribution < -0.4 is 5.32 Å². The van der Waals surface area contributed by atoms with Crippen LogP contribution in [0.5, 0.6) is 0 Å². The molecule has 0 radical (unpaired) electrons. The number of rotatable bonds is 5. The second-order valence-corrected chi connectivity index (χ2v) is 5.81. The van der Waals surface area contributed by atoms with Crippen LogP contribution in [-0.4, -0.2) is 25.0 Å². The average Bonchev–Trinajstić information content (AvgIpc) is 2.93. The van der Waals surface area contributed by atoms with Gasteiger partial charge in [0.15, 0.2) is 0 Å². The van der Waals surface area contributed by atoms with Gasteiger partial charge in [0.25, 0.3) is 0 Å². The van der Waals surface area contributed by atoms with Gasteiger partial charge in [0, 0.05) is 5.57 Å². The van der Waals surface area contributed by atoms with E-state index in [-0.39, 0.29) is 25.0 Å². The van der Waals surface area contributed by atoms with Gasteiger partial charge in [-0.15, -0.1) is 0 Å². The third-order valence-corrected chi connectivity index (χ3v) is 4.08. The molecule has 0 bridgehead atoms. The first kappa shape index (κ1) is 16.0. The van der Waals surface area contributed by atoms with Gasteiger partial charge in [-0.1, -0.05) is 55.1 Å². The Balaban J connectivity index is 1.71. The van der Waals surface area contributed by atoms with E-state index in [0.717, 1.165) is 22.3 Å². The summed E-state index contributed by atoms with van der Waals surface area (Å²) in [5.41, 5.74) is 4.56. The molecule has 0 aromatic heterocycles. The van der Waals surface area contributed by atoms with Gasteiger partial charge in [-0.25, -0.2) is 4.79 Å². The lowest BCUT2D eigenvalue weighted by Gasteiger charge is -2.14. The number of fused-ring (bicyclic) bond motifs is 3. The maximum Gasteiger partial charge on any atom is 0.333 e. The SMILES string of the molecule is C=C(C)C(=O)OCCNC(=O)C1c2ccccc2-c2ccccc21. The van der Waals surface area contributed by atoms with Crippen molar-refractivity contribution in [3.8, 4) is 11.1 Å². The number of amides is 1. The molecule has 2 aromatic carbocycles. The van der Waals surface area contributed by atoms with E-state index in [1.54, 1.807) is 6.92 Å². The highest BCUT2D eigenvalue weighted by Gasteiger charge is 2.32. The van der Waals surface area contributed by atoms with Gasteiger partial charge >= 0.3 is 5.97 Å². The Morgan fingerprint density at radius 1 is 1.04 bits per heavy atom. The summed E-state index contributed by atoms with van der Waals surface area (Å²) < 4.78 is 5.00. The zero-order valence-electron chi connectivity index (χ0n) is 13.5. The van der Waals surface area contributed by atoms with Gasteiger partial charge in [-0.05, 0) is 29.2 Å². The van der Waals surface area contributed by atoms with E-state index < -0.39 is 5.97 Å². The molecule has 1 N–H and O–H groups in total. The molecule has 4 heteroatoms. The lowest BCUT2D eigenvalue weighted by molar-refractivity contribution is -0.139. The molecule has 122 valence electrons. The monoisotopic (exact) mass is 321 g/mol. The summed E-state index contributed by atoms with van der Waals surface area (Å²) in [5, 5.41) is 2.85. The van der Waals surface area contributed by atoms with Crippen LogP contribution in [0.4, 0.5) is 0 Å². The molecule has 1 amide bonds. The summed E-state index contributed by atoms with van der Waals surface area (Å²) in [6.45, 7) is 5.52. The normalized spacial score (nSPS) is 12.2. The van der Waals surface area contributed by atoms with Gasteiger partial charge in [0.1, 0.15) is 6.61 Å². The lowest BCUT2D eigenvalue weighted by Crippen LogP contribution is -2.32. The van der Waals surface area contributed by atoms with E-state index in [9.17, 15) is 9.59 Å². The minimum absolute atomic E-state index is 0.0845. The second kappa shape index (κ2) is 6.71. The number of hydrogen-bond acceptors (Lipinski definition) is 3. The first-order valence-corrected chi connectivity index (χ1v) is 7.88. The van der Waals surface area contributed by atoms with E-state index >= 15 is 0 Å². The Labute approximate surface area is 141 Å². The summed E-state index contributed by atoms with van der Waals surface area (Å²) in [4.78, 5) is 24.0. The Bertz CT molecular complexity index is 765. The van der Waals surface area contributed by atoms with Gasteiger partial charge in [-0.2, -0.15) is 0 Å². The molecule has 1 aliphatic carbocycles. The van der Waals surface area contributed by atoms with Crippen molar-refractivity contribution in [2.45, 2.75) is 12.8 Å². The van der Waals surface area contributed by atoms with Crippen molar-refractivity contribution in [2.24, 2.45) is 0 Å². The van der Waals surface area contributed by atoms with Crippen LogP contribution in [0, 0.1) is 0 Å². The summed E-state index contributed by atoms with van der Waals surface area (Å²) in [7, 11) is 0. The molecule has 0 spiro atoms. The van der Waals surface area contributed by atoms with E-state index in [4.69, 9.17) is 4.74 Å². The van der Waals surface area contributed by atoms with Crippen molar-refractivity contribution in [1.29, 1.82) is 0 Å². The van der Waals surface area contributed by atoms with Crippen molar-refractivity contribution in [3.63, 3.8) is 0 Å². The number of benzene rings is 2. The fourth-order valence-electron chi connectivity index (χ4n) is 2.98. The minimum atomic E-state index is -0.444. The Kier molecular flexibility index (Phi) is 4.47. The topological polar surface area (TPSA) is 55.4 Å². The van der Waals surface area contributed by atoms with E-state index in [0.29, 0.717) is 5.57 Å². The quantitative estimate of drug-likeness (QED) is 0.523. The number of esters is 1. The number of hydrogen-bond donors (Lipinski definition) is 1. The Morgan fingerprint density at radius 3 is 2.12 bits per heavy atom. The molecule has 0 unspecified atom stereocenters. The Morgan fingerprint density at radius 2 is 1.58 bits per heavy atom. The summed E-state index contributed by atoms with van der Waals surface area (Å²) in [6, 6.07) is 15.9. The fourth-order valence-corrected chi connectivity index (χ4v) is 2.98. The first-order chi connectivity index (χ1) is 11.6. The van der Waals surface area contributed by atoms with Gasteiger partial charge in [0.2, 0.25) is 5.91 Å². The number of carbonyl (C=O) groups is 2. The van der Waals surface area contributed by atoms with Gasteiger partial charge < -0.3 is 10.1 Å². The van der Waals surface area contributed by atoms with Crippen LogP contribution in [0.25, 0.3) is 11.1 Å². The van der Waals surface area contributed by atoms with Crippen molar-refractivity contribution < 1.29 is 14.3 Å². The van der Waals surface area contributed by atoms with Crippen molar-refractivity contribution >= 4 is 11.9 Å². The van der Waals surface area contributed by atoms with Crippen molar-refractivity contribution in [1.82, 2.24) is 5.32 Å². The van der Waals surface area contributed by atoms with Crippen LogP contribution >= 0.6 is 0 Å². The number of nitrogens with one attached hydrogen (secondary N) is 1. The third-order valence-electron chi connectivity index (χ3n) is 4.08. The van der Waals surface area contributed by atoms with Crippen LogP contribution in [0.3, 0.4) is 0 Å². The summed E-state index contributed by atoms with van der Waals surface area (Å²) in [5.74, 6) is -0.853. The molecule has 0 aliphatic heterocycles. The fraction of sp³-hybridized carbons (Fsp3) is 0.200. The maximum atomic E-state index is 12.7. The molecule has 1 aliphatic rings. The van der Waals surface area contributed by atoms with Crippen molar-refractivity contribution in [3.05, 3.63) is 71.8 Å². The predicted octanol–water partition coefficient (Wildman–Crippen LogP) is 3.03. The maximum absolute atomic E-state index is 12.7. The smallest absolute Gasteiger partial charge is 0.333 e. The van der Waals surface area contributed by atoms with Gasteiger partial charge in [-0.3, -0.25) is 4.79 Å². The van der Waals surface area contributed by atoms with Gasteiger partial charge in [0.05, 0.1) is 12.5 Å². The molecule has 4 nitrogen and oxygen atoms in total. The first-order valence-electron chi connectivity index (χ1n) is 7.88. The Hall–Kier alpha value is -2.88. The van der Waals surface area contributed by atoms with Crippen LogP contribution in [0.15, 0.2) is 60.7 Å². The molecule has 0 saturated heterocycles. The molecule has 24 heavy (non-hydrogen) atoms. The highest BCUT2D eigenvalue weighted by molar-refractivity contribution is 5.96. The lowest BCUT2D eigenvalue weighted by atomic mass is 9.96. The summed E-state index contributed by atoms with van der Waals surface area (Å²) >= 11 is 0. The largest absolute Gasteiger partial charge is 0.460 e. The molecule has 0 saturated carbocycles. The zero-order chi connectivity index (χ0) is 17.1. The molecule has 0 heterocycles. The molecule has 0 atom stereocenters. The molecule has 0 fully saturated rings. The molecular weight excluding hydrogens is 302 g/mol. The highest BCUT2D eigenvalue weighted by atomic mass is 16.5. The molecule has 3 rings (SSSR count). The summed E-state index contributed by atoms with van der Waals surface area (Å²) in [6.07, 6.45) is 0. The van der Waals surface area contributed by atoms with E-state index in [1.165, 1.54) is 0 Å².